The Labute approximate surface area is 169 Å². The van der Waals surface area contributed by atoms with E-state index in [9.17, 15) is 15.3 Å². The predicted molar refractivity (Wildman–Crippen MR) is 110 cm³/mol. The Morgan fingerprint density at radius 2 is 1.81 bits per heavy atom. The van der Waals surface area contributed by atoms with Gasteiger partial charge in [0.15, 0.2) is 0 Å². The van der Waals surface area contributed by atoms with Crippen molar-refractivity contribution >= 4 is 15.9 Å². The lowest BCUT2D eigenvalue weighted by molar-refractivity contribution is -0.205. The summed E-state index contributed by atoms with van der Waals surface area (Å²) in [5.41, 5.74) is 0.435. The average molecular weight is 431 g/mol. The minimum Gasteiger partial charge on any atom is -0.507 e. The molecule has 0 aromatic heterocycles. The molecule has 27 heavy (non-hydrogen) atoms. The van der Waals surface area contributed by atoms with Crippen LogP contribution in [0.15, 0.2) is 46.9 Å². The van der Waals surface area contributed by atoms with Gasteiger partial charge in [0, 0.05) is 5.41 Å². The standard InChI is InChI=1S/C23H27BrO3/c1-3-22-14-21(2,26)23(27,15-7-5-4-6-8-15)13-16(22)9-10-17-18(22)11-12-19(25)20(17)24/h4-8,11-12,16,25-27H,3,9-10,13-14H2,1-2H3. The third-order valence-corrected chi connectivity index (χ3v) is 8.14. The normalized spacial score (nSPS) is 35.4. The number of hydrogen-bond acceptors (Lipinski definition) is 3. The number of benzene rings is 2. The number of phenolic OH excluding ortho intramolecular Hbond substituents is 1. The van der Waals surface area contributed by atoms with E-state index >= 15 is 0 Å². The molecule has 1 saturated carbocycles. The summed E-state index contributed by atoms with van der Waals surface area (Å²) >= 11 is 3.56. The largest absolute Gasteiger partial charge is 0.507 e. The van der Waals surface area contributed by atoms with Crippen molar-refractivity contribution in [1.82, 2.24) is 0 Å². The monoisotopic (exact) mass is 430 g/mol. The molecule has 3 N–H and O–H groups in total. The first-order chi connectivity index (χ1) is 12.7. The molecule has 4 atom stereocenters. The van der Waals surface area contributed by atoms with Crippen LogP contribution >= 0.6 is 15.9 Å². The Morgan fingerprint density at radius 1 is 1.11 bits per heavy atom. The summed E-state index contributed by atoms with van der Waals surface area (Å²) in [6.45, 7) is 3.95. The number of hydrogen-bond donors (Lipinski definition) is 3. The van der Waals surface area contributed by atoms with Gasteiger partial charge in [-0.15, -0.1) is 0 Å². The molecule has 2 aromatic carbocycles. The smallest absolute Gasteiger partial charge is 0.130 e. The number of aromatic hydroxyl groups is 1. The first kappa shape index (κ1) is 19.0. The maximum atomic E-state index is 11.7. The van der Waals surface area contributed by atoms with Gasteiger partial charge in [-0.1, -0.05) is 43.3 Å². The van der Waals surface area contributed by atoms with E-state index in [1.165, 1.54) is 5.56 Å². The second-order valence-electron chi connectivity index (χ2n) is 8.55. The number of rotatable bonds is 2. The molecule has 3 nitrogen and oxygen atoms in total. The lowest BCUT2D eigenvalue weighted by atomic mass is 9.49. The second-order valence-corrected chi connectivity index (χ2v) is 9.34. The molecule has 0 heterocycles. The highest BCUT2D eigenvalue weighted by molar-refractivity contribution is 9.10. The molecule has 0 spiro atoms. The average Bonchev–Trinajstić information content (AvgIpc) is 2.66. The Balaban J connectivity index is 1.85. The fraction of sp³-hybridized carbons (Fsp3) is 0.478. The van der Waals surface area contributed by atoms with Gasteiger partial charge in [-0.25, -0.2) is 0 Å². The summed E-state index contributed by atoms with van der Waals surface area (Å²) < 4.78 is 0.773. The van der Waals surface area contributed by atoms with Crippen LogP contribution in [-0.2, 0) is 17.4 Å². The highest BCUT2D eigenvalue weighted by Crippen LogP contribution is 2.60. The van der Waals surface area contributed by atoms with Crippen LogP contribution in [0.25, 0.3) is 0 Å². The first-order valence-electron chi connectivity index (χ1n) is 9.76. The van der Waals surface area contributed by atoms with Crippen molar-refractivity contribution in [3.8, 4) is 5.75 Å². The van der Waals surface area contributed by atoms with E-state index in [0.29, 0.717) is 12.8 Å². The molecule has 4 rings (SSSR count). The van der Waals surface area contributed by atoms with Crippen LogP contribution in [0, 0.1) is 5.92 Å². The fourth-order valence-electron chi connectivity index (χ4n) is 5.76. The van der Waals surface area contributed by atoms with Crippen molar-refractivity contribution < 1.29 is 15.3 Å². The van der Waals surface area contributed by atoms with Crippen molar-refractivity contribution in [3.63, 3.8) is 0 Å². The topological polar surface area (TPSA) is 60.7 Å². The van der Waals surface area contributed by atoms with Gasteiger partial charge in [-0.3, -0.25) is 0 Å². The molecule has 0 amide bonds. The number of fused-ring (bicyclic) bond motifs is 3. The molecule has 2 aromatic rings. The molecule has 0 saturated heterocycles. The molecule has 144 valence electrons. The van der Waals surface area contributed by atoms with Gasteiger partial charge in [-0.2, -0.15) is 0 Å². The molecule has 4 heteroatoms. The summed E-state index contributed by atoms with van der Waals surface area (Å²) in [7, 11) is 0. The number of phenols is 1. The van der Waals surface area contributed by atoms with Gasteiger partial charge in [0.1, 0.15) is 11.4 Å². The van der Waals surface area contributed by atoms with E-state index in [0.717, 1.165) is 34.9 Å². The SMILES string of the molecule is CCC12CC(C)(O)C(O)(c3ccccc3)CC1CCc1c2ccc(O)c1Br. The Morgan fingerprint density at radius 3 is 2.48 bits per heavy atom. The van der Waals surface area contributed by atoms with Crippen LogP contribution in [0.2, 0.25) is 0 Å². The zero-order valence-corrected chi connectivity index (χ0v) is 17.5. The molecule has 0 aliphatic heterocycles. The quantitative estimate of drug-likeness (QED) is 0.641. The first-order valence-corrected chi connectivity index (χ1v) is 10.6. The summed E-state index contributed by atoms with van der Waals surface area (Å²) in [5.74, 6) is 0.540. The van der Waals surface area contributed by atoms with Crippen LogP contribution in [-0.4, -0.2) is 20.9 Å². The molecule has 2 aliphatic rings. The van der Waals surface area contributed by atoms with Crippen molar-refractivity contribution in [3.05, 3.63) is 63.6 Å². The fourth-order valence-corrected chi connectivity index (χ4v) is 6.30. The Kier molecular flexibility index (Phi) is 4.45. The van der Waals surface area contributed by atoms with E-state index in [4.69, 9.17) is 0 Å². The van der Waals surface area contributed by atoms with Crippen molar-refractivity contribution in [2.45, 2.75) is 62.6 Å². The van der Waals surface area contributed by atoms with E-state index in [-0.39, 0.29) is 17.1 Å². The predicted octanol–water partition coefficient (Wildman–Crippen LogP) is 4.80. The van der Waals surface area contributed by atoms with Gasteiger partial charge in [-0.05, 0) is 83.6 Å². The van der Waals surface area contributed by atoms with E-state index < -0.39 is 11.2 Å². The van der Waals surface area contributed by atoms with Gasteiger partial charge in [0.25, 0.3) is 0 Å². The molecule has 4 unspecified atom stereocenters. The zero-order valence-electron chi connectivity index (χ0n) is 15.9. The summed E-state index contributed by atoms with van der Waals surface area (Å²) in [4.78, 5) is 0. The third kappa shape index (κ3) is 2.60. The van der Waals surface area contributed by atoms with Crippen molar-refractivity contribution in [2.75, 3.05) is 0 Å². The van der Waals surface area contributed by atoms with E-state index in [1.54, 1.807) is 13.0 Å². The third-order valence-electron chi connectivity index (χ3n) is 7.26. The molecule has 1 fully saturated rings. The molecular weight excluding hydrogens is 404 g/mol. The second kappa shape index (κ2) is 6.33. The zero-order chi connectivity index (χ0) is 19.4. The molecule has 0 radical (unpaired) electrons. The van der Waals surface area contributed by atoms with Crippen LogP contribution in [0.3, 0.4) is 0 Å². The van der Waals surface area contributed by atoms with Gasteiger partial charge >= 0.3 is 0 Å². The summed E-state index contributed by atoms with van der Waals surface area (Å²) in [6, 6.07) is 13.4. The Hall–Kier alpha value is -1.36. The maximum Gasteiger partial charge on any atom is 0.130 e. The van der Waals surface area contributed by atoms with E-state index in [2.05, 4.69) is 22.9 Å². The highest BCUT2D eigenvalue weighted by Gasteiger charge is 2.61. The lowest BCUT2D eigenvalue weighted by Crippen LogP contribution is -2.62. The molecule has 2 aliphatic carbocycles. The molecular formula is C23H27BrO3. The number of aliphatic hydroxyl groups is 2. The number of halogens is 1. The summed E-state index contributed by atoms with van der Waals surface area (Å²) in [5, 5.41) is 33.3. The summed E-state index contributed by atoms with van der Waals surface area (Å²) in [6.07, 6.45) is 3.73. The lowest BCUT2D eigenvalue weighted by Gasteiger charge is -2.59. The van der Waals surface area contributed by atoms with Crippen LogP contribution in [0.1, 0.15) is 56.2 Å². The van der Waals surface area contributed by atoms with Crippen molar-refractivity contribution in [2.24, 2.45) is 5.92 Å². The molecule has 0 bridgehead atoms. The van der Waals surface area contributed by atoms with Gasteiger partial charge in [0.05, 0.1) is 10.1 Å². The minimum absolute atomic E-state index is 0.200. The van der Waals surface area contributed by atoms with Crippen LogP contribution < -0.4 is 0 Å². The van der Waals surface area contributed by atoms with Gasteiger partial charge < -0.3 is 15.3 Å². The minimum atomic E-state index is -1.26. The van der Waals surface area contributed by atoms with Crippen molar-refractivity contribution in [1.29, 1.82) is 0 Å². The van der Waals surface area contributed by atoms with Crippen LogP contribution in [0.4, 0.5) is 0 Å². The van der Waals surface area contributed by atoms with E-state index in [1.807, 2.05) is 36.4 Å². The van der Waals surface area contributed by atoms with Crippen LogP contribution in [0.5, 0.6) is 5.75 Å². The van der Waals surface area contributed by atoms with Gasteiger partial charge in [0.2, 0.25) is 0 Å². The highest BCUT2D eigenvalue weighted by atomic mass is 79.9. The Bertz CT molecular complexity index is 863. The maximum absolute atomic E-state index is 11.7.